The quantitative estimate of drug-likeness (QED) is 0.517. The zero-order chi connectivity index (χ0) is 13.1. The molecule has 1 rings (SSSR count). The number of hydrogen-bond acceptors (Lipinski definition) is 5. The second-order valence-corrected chi connectivity index (χ2v) is 4.69. The molecule has 0 spiro atoms. The number of aliphatic hydroxyl groups excluding tert-OH is 2. The van der Waals surface area contributed by atoms with E-state index in [0.29, 0.717) is 12.8 Å². The maximum absolute atomic E-state index is 11.0. The molecule has 0 aromatic rings. The SMILES string of the molecule is CC(=O)NC1C(O)CC(C)(O)OC1CCCO. The average molecular weight is 247 g/mol. The number of aliphatic hydroxyl groups is 3. The molecular weight excluding hydrogens is 226 g/mol. The largest absolute Gasteiger partial charge is 0.396 e. The van der Waals surface area contributed by atoms with Crippen molar-refractivity contribution in [3.63, 3.8) is 0 Å². The van der Waals surface area contributed by atoms with Gasteiger partial charge in [0.2, 0.25) is 5.91 Å². The fourth-order valence-corrected chi connectivity index (χ4v) is 2.17. The van der Waals surface area contributed by atoms with Crippen molar-refractivity contribution in [2.45, 2.75) is 57.1 Å². The molecule has 0 aromatic carbocycles. The van der Waals surface area contributed by atoms with Gasteiger partial charge in [0, 0.05) is 20.0 Å². The van der Waals surface area contributed by atoms with Gasteiger partial charge in [-0.1, -0.05) is 0 Å². The van der Waals surface area contributed by atoms with Gasteiger partial charge in [0.1, 0.15) is 0 Å². The summed E-state index contributed by atoms with van der Waals surface area (Å²) in [5, 5.41) is 31.1. The summed E-state index contributed by atoms with van der Waals surface area (Å²) in [4.78, 5) is 11.0. The molecule has 6 nitrogen and oxygen atoms in total. The van der Waals surface area contributed by atoms with Gasteiger partial charge in [-0.2, -0.15) is 0 Å². The van der Waals surface area contributed by atoms with Crippen molar-refractivity contribution >= 4 is 5.91 Å². The third kappa shape index (κ3) is 4.23. The van der Waals surface area contributed by atoms with Gasteiger partial charge in [-0.05, 0) is 19.8 Å². The minimum atomic E-state index is -1.39. The van der Waals surface area contributed by atoms with Crippen LogP contribution in [0.4, 0.5) is 0 Å². The average Bonchev–Trinajstić information content (AvgIpc) is 2.18. The number of carbonyl (C=O) groups excluding carboxylic acids is 1. The van der Waals surface area contributed by atoms with Crippen molar-refractivity contribution in [1.82, 2.24) is 5.32 Å². The molecule has 0 aliphatic carbocycles. The second kappa shape index (κ2) is 5.77. The van der Waals surface area contributed by atoms with Crippen LogP contribution in [0.5, 0.6) is 0 Å². The fraction of sp³-hybridized carbons (Fsp3) is 0.909. The van der Waals surface area contributed by atoms with Crippen molar-refractivity contribution in [2.24, 2.45) is 0 Å². The second-order valence-electron chi connectivity index (χ2n) is 4.69. The summed E-state index contributed by atoms with van der Waals surface area (Å²) in [5.74, 6) is -1.65. The molecule has 1 heterocycles. The maximum Gasteiger partial charge on any atom is 0.217 e. The van der Waals surface area contributed by atoms with E-state index in [2.05, 4.69) is 5.32 Å². The summed E-state index contributed by atoms with van der Waals surface area (Å²) in [6, 6.07) is -0.542. The standard InChI is InChI=1S/C11H21NO5/c1-7(14)12-10-8(15)6-11(2,16)17-9(10)4-3-5-13/h8-10,13,15-16H,3-6H2,1-2H3,(H,12,14). The number of carbonyl (C=O) groups is 1. The third-order valence-electron chi connectivity index (χ3n) is 2.82. The van der Waals surface area contributed by atoms with Gasteiger partial charge in [-0.25, -0.2) is 0 Å². The molecule has 0 aromatic heterocycles. The van der Waals surface area contributed by atoms with Crippen LogP contribution in [0, 0.1) is 0 Å². The van der Waals surface area contributed by atoms with Crippen LogP contribution in [0.2, 0.25) is 0 Å². The van der Waals surface area contributed by atoms with E-state index in [-0.39, 0.29) is 18.9 Å². The Bertz CT molecular complexity index is 269. The maximum atomic E-state index is 11.0. The number of amides is 1. The monoisotopic (exact) mass is 247 g/mol. The molecule has 0 radical (unpaired) electrons. The minimum Gasteiger partial charge on any atom is -0.396 e. The lowest BCUT2D eigenvalue weighted by atomic mass is 9.91. The van der Waals surface area contributed by atoms with Crippen molar-refractivity contribution in [1.29, 1.82) is 0 Å². The summed E-state index contributed by atoms with van der Waals surface area (Å²) in [5.41, 5.74) is 0. The van der Waals surface area contributed by atoms with Gasteiger partial charge in [0.25, 0.3) is 0 Å². The zero-order valence-electron chi connectivity index (χ0n) is 10.2. The highest BCUT2D eigenvalue weighted by molar-refractivity contribution is 5.73. The first kappa shape index (κ1) is 14.4. The minimum absolute atomic E-state index is 0.00485. The Hall–Kier alpha value is -0.690. The summed E-state index contributed by atoms with van der Waals surface area (Å²) < 4.78 is 5.43. The van der Waals surface area contributed by atoms with Gasteiger partial charge < -0.3 is 25.4 Å². The Morgan fingerprint density at radius 2 is 2.24 bits per heavy atom. The van der Waals surface area contributed by atoms with Crippen LogP contribution in [-0.4, -0.2) is 51.9 Å². The Morgan fingerprint density at radius 1 is 1.59 bits per heavy atom. The first-order valence-corrected chi connectivity index (χ1v) is 5.82. The Labute approximate surface area is 101 Å². The number of ether oxygens (including phenoxy) is 1. The summed E-state index contributed by atoms with van der Waals surface area (Å²) in [7, 11) is 0. The van der Waals surface area contributed by atoms with Crippen LogP contribution in [0.25, 0.3) is 0 Å². The zero-order valence-corrected chi connectivity index (χ0v) is 10.2. The fourth-order valence-electron chi connectivity index (χ4n) is 2.17. The number of hydrogen-bond donors (Lipinski definition) is 4. The summed E-state index contributed by atoms with van der Waals surface area (Å²) >= 11 is 0. The highest BCUT2D eigenvalue weighted by Gasteiger charge is 2.43. The lowest BCUT2D eigenvalue weighted by molar-refractivity contribution is -0.271. The number of rotatable bonds is 4. The van der Waals surface area contributed by atoms with Crippen LogP contribution >= 0.6 is 0 Å². The first-order chi connectivity index (χ1) is 7.85. The van der Waals surface area contributed by atoms with Crippen LogP contribution < -0.4 is 5.32 Å². The summed E-state index contributed by atoms with van der Waals surface area (Å²) in [6.45, 7) is 2.85. The summed E-state index contributed by atoms with van der Waals surface area (Å²) in [6.07, 6.45) is -0.345. The van der Waals surface area contributed by atoms with Crippen molar-refractivity contribution in [3.05, 3.63) is 0 Å². The molecule has 1 amide bonds. The molecule has 6 heteroatoms. The third-order valence-corrected chi connectivity index (χ3v) is 2.82. The molecule has 1 aliphatic heterocycles. The molecule has 4 unspecified atom stereocenters. The Kier molecular flexibility index (Phi) is 4.88. The molecule has 17 heavy (non-hydrogen) atoms. The van der Waals surface area contributed by atoms with Gasteiger partial charge in [-0.15, -0.1) is 0 Å². The molecule has 0 bridgehead atoms. The molecular formula is C11H21NO5. The normalized spacial score (nSPS) is 37.8. The Morgan fingerprint density at radius 3 is 2.76 bits per heavy atom. The number of nitrogens with one attached hydrogen (secondary N) is 1. The first-order valence-electron chi connectivity index (χ1n) is 5.82. The van der Waals surface area contributed by atoms with E-state index in [9.17, 15) is 15.0 Å². The molecule has 1 fully saturated rings. The molecule has 4 N–H and O–H groups in total. The van der Waals surface area contributed by atoms with Crippen molar-refractivity contribution in [2.75, 3.05) is 6.61 Å². The van der Waals surface area contributed by atoms with Gasteiger partial charge in [0.05, 0.1) is 18.2 Å². The van der Waals surface area contributed by atoms with E-state index >= 15 is 0 Å². The van der Waals surface area contributed by atoms with Crippen molar-refractivity contribution in [3.8, 4) is 0 Å². The lowest BCUT2D eigenvalue weighted by Gasteiger charge is -2.43. The predicted octanol–water partition coefficient (Wildman–Crippen LogP) is -0.878. The van der Waals surface area contributed by atoms with E-state index in [1.54, 1.807) is 0 Å². The van der Waals surface area contributed by atoms with Crippen LogP contribution in [-0.2, 0) is 9.53 Å². The predicted molar refractivity (Wildman–Crippen MR) is 60.0 cm³/mol. The van der Waals surface area contributed by atoms with E-state index < -0.39 is 24.0 Å². The van der Waals surface area contributed by atoms with Crippen LogP contribution in [0.15, 0.2) is 0 Å². The molecule has 1 aliphatic rings. The topological polar surface area (TPSA) is 99.0 Å². The molecule has 0 saturated carbocycles. The highest BCUT2D eigenvalue weighted by atomic mass is 16.6. The highest BCUT2D eigenvalue weighted by Crippen LogP contribution is 2.29. The van der Waals surface area contributed by atoms with Gasteiger partial charge in [-0.3, -0.25) is 4.79 Å². The van der Waals surface area contributed by atoms with E-state index in [0.717, 1.165) is 0 Å². The van der Waals surface area contributed by atoms with Gasteiger partial charge >= 0.3 is 0 Å². The van der Waals surface area contributed by atoms with Crippen LogP contribution in [0.3, 0.4) is 0 Å². The Balaban J connectivity index is 2.71. The van der Waals surface area contributed by atoms with E-state index in [1.807, 2.05) is 0 Å². The molecule has 4 atom stereocenters. The molecule has 1 saturated heterocycles. The lowest BCUT2D eigenvalue weighted by Crippen LogP contribution is -2.59. The molecule has 100 valence electrons. The smallest absolute Gasteiger partial charge is 0.217 e. The van der Waals surface area contributed by atoms with E-state index in [4.69, 9.17) is 9.84 Å². The van der Waals surface area contributed by atoms with Crippen LogP contribution in [0.1, 0.15) is 33.1 Å². The van der Waals surface area contributed by atoms with Crippen molar-refractivity contribution < 1.29 is 24.9 Å². The van der Waals surface area contributed by atoms with E-state index in [1.165, 1.54) is 13.8 Å². The van der Waals surface area contributed by atoms with Gasteiger partial charge in [0.15, 0.2) is 5.79 Å².